The number of rotatable bonds is 6. The number of carbonyl (C=O) groups is 1. The molecule has 1 aromatic heterocycles. The minimum atomic E-state index is -0.623. The Morgan fingerprint density at radius 3 is 2.28 bits per heavy atom. The van der Waals surface area contributed by atoms with Crippen molar-refractivity contribution in [3.63, 3.8) is 0 Å². The number of nitrogens with one attached hydrogen (secondary N) is 1. The molecule has 0 fully saturated rings. The molecule has 5 nitrogen and oxygen atoms in total. The molecule has 0 aliphatic carbocycles. The van der Waals surface area contributed by atoms with Gasteiger partial charge in [-0.15, -0.1) is 0 Å². The standard InChI is InChI=1S/C23H15ClF3N3O2/c24-19-11-17(7-10-20(19)27)28-23(31)22-21(32-13-14-1-3-15(25)4-2-14)12-30(29-22)18-8-5-16(26)6-9-18/h1-12H,13H2,(H,28,31). The number of carbonyl (C=O) groups excluding carboxylic acids is 1. The van der Waals surface area contributed by atoms with Crippen LogP contribution in [0, 0.1) is 17.5 Å². The van der Waals surface area contributed by atoms with Crippen molar-refractivity contribution in [2.45, 2.75) is 6.61 Å². The number of amides is 1. The lowest BCUT2D eigenvalue weighted by atomic mass is 10.2. The molecule has 4 aromatic rings. The van der Waals surface area contributed by atoms with E-state index in [2.05, 4.69) is 10.4 Å². The number of hydrogen-bond acceptors (Lipinski definition) is 3. The second-order valence-corrected chi connectivity index (χ2v) is 7.17. The van der Waals surface area contributed by atoms with Gasteiger partial charge >= 0.3 is 0 Å². The van der Waals surface area contributed by atoms with Gasteiger partial charge in [-0.05, 0) is 60.2 Å². The molecule has 0 bridgehead atoms. The maximum absolute atomic E-state index is 13.4. The van der Waals surface area contributed by atoms with Crippen molar-refractivity contribution in [2.24, 2.45) is 0 Å². The van der Waals surface area contributed by atoms with Gasteiger partial charge in [0.15, 0.2) is 11.4 Å². The molecule has 0 saturated carbocycles. The molecular weight excluding hydrogens is 443 g/mol. The summed E-state index contributed by atoms with van der Waals surface area (Å²) in [4.78, 5) is 12.9. The van der Waals surface area contributed by atoms with Crippen LogP contribution >= 0.6 is 11.6 Å². The van der Waals surface area contributed by atoms with E-state index in [-0.39, 0.29) is 34.6 Å². The summed E-state index contributed by atoms with van der Waals surface area (Å²) in [6.45, 7) is 0.0536. The van der Waals surface area contributed by atoms with Gasteiger partial charge in [-0.3, -0.25) is 4.79 Å². The van der Waals surface area contributed by atoms with E-state index in [0.717, 1.165) is 6.07 Å². The second kappa shape index (κ2) is 9.15. The molecule has 0 saturated heterocycles. The van der Waals surface area contributed by atoms with E-state index >= 15 is 0 Å². The summed E-state index contributed by atoms with van der Waals surface area (Å²) < 4.78 is 46.9. The number of benzene rings is 3. The van der Waals surface area contributed by atoms with Crippen LogP contribution in [0.5, 0.6) is 5.75 Å². The number of anilines is 1. The summed E-state index contributed by atoms with van der Waals surface area (Å²) in [6.07, 6.45) is 1.48. The van der Waals surface area contributed by atoms with Gasteiger partial charge in [-0.1, -0.05) is 23.7 Å². The maximum Gasteiger partial charge on any atom is 0.280 e. The van der Waals surface area contributed by atoms with E-state index < -0.39 is 17.5 Å². The maximum atomic E-state index is 13.4. The number of nitrogens with zero attached hydrogens (tertiary/aromatic N) is 2. The summed E-state index contributed by atoms with van der Waals surface area (Å²) in [6, 6.07) is 15.0. The quantitative estimate of drug-likeness (QED) is 0.399. The van der Waals surface area contributed by atoms with Gasteiger partial charge in [-0.2, -0.15) is 5.10 Å². The summed E-state index contributed by atoms with van der Waals surface area (Å²) in [5, 5.41) is 6.71. The summed E-state index contributed by atoms with van der Waals surface area (Å²) in [5.41, 5.74) is 1.39. The number of halogens is 4. The largest absolute Gasteiger partial charge is 0.485 e. The average molecular weight is 458 g/mol. The lowest BCUT2D eigenvalue weighted by molar-refractivity contribution is 0.101. The van der Waals surface area contributed by atoms with Crippen LogP contribution in [0.25, 0.3) is 5.69 Å². The Morgan fingerprint density at radius 2 is 1.62 bits per heavy atom. The van der Waals surface area contributed by atoms with Gasteiger partial charge in [0, 0.05) is 5.69 Å². The molecule has 3 aromatic carbocycles. The Hall–Kier alpha value is -3.78. The second-order valence-electron chi connectivity index (χ2n) is 6.76. The highest BCUT2D eigenvalue weighted by Gasteiger charge is 2.20. The first kappa shape index (κ1) is 21.5. The molecule has 0 aliphatic heterocycles. The van der Waals surface area contributed by atoms with Crippen LogP contribution in [-0.2, 0) is 6.61 Å². The zero-order valence-corrected chi connectivity index (χ0v) is 17.1. The fourth-order valence-electron chi connectivity index (χ4n) is 2.85. The predicted octanol–water partition coefficient (Wildman–Crippen LogP) is 5.77. The summed E-state index contributed by atoms with van der Waals surface area (Å²) >= 11 is 5.77. The Labute approximate surface area is 186 Å². The Morgan fingerprint density at radius 1 is 0.969 bits per heavy atom. The van der Waals surface area contributed by atoms with Crippen molar-refractivity contribution in [3.8, 4) is 11.4 Å². The van der Waals surface area contributed by atoms with Crippen molar-refractivity contribution >= 4 is 23.2 Å². The van der Waals surface area contributed by atoms with Gasteiger partial charge in [0.25, 0.3) is 5.91 Å². The molecule has 1 amide bonds. The van der Waals surface area contributed by atoms with Gasteiger partial charge < -0.3 is 10.1 Å². The lowest BCUT2D eigenvalue weighted by Crippen LogP contribution is -2.14. The highest BCUT2D eigenvalue weighted by molar-refractivity contribution is 6.31. The first-order chi connectivity index (χ1) is 15.4. The Bertz CT molecular complexity index is 1260. The van der Waals surface area contributed by atoms with Crippen LogP contribution < -0.4 is 10.1 Å². The van der Waals surface area contributed by atoms with Gasteiger partial charge in [0.2, 0.25) is 0 Å². The van der Waals surface area contributed by atoms with Crippen LogP contribution in [0.15, 0.2) is 72.9 Å². The van der Waals surface area contributed by atoms with Gasteiger partial charge in [-0.25, -0.2) is 17.9 Å². The number of hydrogen-bond donors (Lipinski definition) is 1. The molecule has 4 rings (SSSR count). The van der Waals surface area contributed by atoms with E-state index in [4.69, 9.17) is 16.3 Å². The topological polar surface area (TPSA) is 56.2 Å². The SMILES string of the molecule is O=C(Nc1ccc(F)c(Cl)c1)c1nn(-c2ccc(F)cc2)cc1OCc1ccc(F)cc1. The fraction of sp³-hybridized carbons (Fsp3) is 0.0435. The van der Waals surface area contributed by atoms with Gasteiger partial charge in [0.1, 0.15) is 24.1 Å². The highest BCUT2D eigenvalue weighted by atomic mass is 35.5. The zero-order chi connectivity index (χ0) is 22.7. The molecule has 9 heteroatoms. The fourth-order valence-corrected chi connectivity index (χ4v) is 3.03. The van der Waals surface area contributed by atoms with Crippen molar-refractivity contribution in [2.75, 3.05) is 5.32 Å². The van der Waals surface area contributed by atoms with Crippen LogP contribution in [0.2, 0.25) is 5.02 Å². The molecule has 162 valence electrons. The van der Waals surface area contributed by atoms with Crippen molar-refractivity contribution in [1.29, 1.82) is 0 Å². The smallest absolute Gasteiger partial charge is 0.280 e. The van der Waals surface area contributed by atoms with Crippen molar-refractivity contribution in [1.82, 2.24) is 9.78 Å². The highest BCUT2D eigenvalue weighted by Crippen LogP contribution is 2.24. The monoisotopic (exact) mass is 457 g/mol. The molecule has 0 unspecified atom stereocenters. The van der Waals surface area contributed by atoms with E-state index in [1.807, 2.05) is 0 Å². The third kappa shape index (κ3) is 4.92. The Balaban J connectivity index is 1.62. The normalized spacial score (nSPS) is 10.8. The molecular formula is C23H15ClF3N3O2. The predicted molar refractivity (Wildman–Crippen MR) is 114 cm³/mol. The van der Waals surface area contributed by atoms with E-state index in [1.54, 1.807) is 12.1 Å². The molecule has 1 N–H and O–H groups in total. The molecule has 32 heavy (non-hydrogen) atoms. The van der Waals surface area contributed by atoms with Crippen LogP contribution in [0.3, 0.4) is 0 Å². The minimum absolute atomic E-state index is 0.0536. The van der Waals surface area contributed by atoms with E-state index in [9.17, 15) is 18.0 Å². The Kier molecular flexibility index (Phi) is 6.13. The number of ether oxygens (including phenoxy) is 1. The zero-order valence-electron chi connectivity index (χ0n) is 16.4. The van der Waals surface area contributed by atoms with Crippen LogP contribution in [0.1, 0.15) is 16.1 Å². The summed E-state index contributed by atoms with van der Waals surface area (Å²) in [5.74, 6) is -1.89. The van der Waals surface area contributed by atoms with E-state index in [1.165, 1.54) is 59.4 Å². The molecule has 0 radical (unpaired) electrons. The molecule has 0 atom stereocenters. The molecule has 0 aliphatic rings. The number of aromatic nitrogens is 2. The molecule has 0 spiro atoms. The lowest BCUT2D eigenvalue weighted by Gasteiger charge is -2.07. The third-order valence-electron chi connectivity index (χ3n) is 4.47. The van der Waals surface area contributed by atoms with Crippen LogP contribution in [-0.4, -0.2) is 15.7 Å². The van der Waals surface area contributed by atoms with Crippen molar-refractivity contribution < 1.29 is 22.7 Å². The van der Waals surface area contributed by atoms with E-state index in [0.29, 0.717) is 11.3 Å². The first-order valence-corrected chi connectivity index (χ1v) is 9.76. The average Bonchev–Trinajstić information content (AvgIpc) is 3.21. The molecule has 1 heterocycles. The van der Waals surface area contributed by atoms with Gasteiger partial charge in [0.05, 0.1) is 16.9 Å². The summed E-state index contributed by atoms with van der Waals surface area (Å²) in [7, 11) is 0. The van der Waals surface area contributed by atoms with Crippen molar-refractivity contribution in [3.05, 3.63) is 107 Å². The minimum Gasteiger partial charge on any atom is -0.485 e. The third-order valence-corrected chi connectivity index (χ3v) is 4.76. The first-order valence-electron chi connectivity index (χ1n) is 9.38. The van der Waals surface area contributed by atoms with Crippen LogP contribution in [0.4, 0.5) is 18.9 Å².